The van der Waals surface area contributed by atoms with Crippen LogP contribution in [0.15, 0.2) is 6.20 Å². The van der Waals surface area contributed by atoms with Crippen molar-refractivity contribution in [2.75, 3.05) is 24.5 Å². The molecule has 0 bridgehead atoms. The number of nitrogens with one attached hydrogen (secondary N) is 1. The first-order valence-electron chi connectivity index (χ1n) is 8.80. The molecule has 21 heavy (non-hydrogen) atoms. The Labute approximate surface area is 128 Å². The van der Waals surface area contributed by atoms with Crippen molar-refractivity contribution in [1.82, 2.24) is 14.9 Å². The molecule has 0 aromatic carbocycles. The maximum Gasteiger partial charge on any atom is 0.205 e. The van der Waals surface area contributed by atoms with Gasteiger partial charge in [0.25, 0.3) is 0 Å². The third kappa shape index (κ3) is 3.42. The molecule has 118 valence electrons. The van der Waals surface area contributed by atoms with Gasteiger partial charge in [-0.3, -0.25) is 0 Å². The molecule has 2 unspecified atom stereocenters. The van der Waals surface area contributed by atoms with Gasteiger partial charge in [-0.2, -0.15) is 0 Å². The van der Waals surface area contributed by atoms with E-state index in [0.29, 0.717) is 0 Å². The van der Waals surface area contributed by atoms with E-state index < -0.39 is 0 Å². The van der Waals surface area contributed by atoms with Gasteiger partial charge in [0.2, 0.25) is 5.95 Å². The quantitative estimate of drug-likeness (QED) is 0.905. The second-order valence-electron chi connectivity index (χ2n) is 6.78. The highest BCUT2D eigenvalue weighted by molar-refractivity contribution is 5.34. The molecule has 1 aromatic heterocycles. The number of rotatable bonds is 5. The summed E-state index contributed by atoms with van der Waals surface area (Å²) in [5.74, 6) is 2.02. The molecule has 3 rings (SSSR count). The zero-order valence-corrected chi connectivity index (χ0v) is 13.6. The topological polar surface area (TPSA) is 33.1 Å². The summed E-state index contributed by atoms with van der Waals surface area (Å²) in [5, 5.41) is 3.70. The van der Waals surface area contributed by atoms with Gasteiger partial charge in [0.15, 0.2) is 0 Å². The zero-order valence-electron chi connectivity index (χ0n) is 13.6. The van der Waals surface area contributed by atoms with Crippen molar-refractivity contribution in [3.8, 4) is 0 Å². The summed E-state index contributed by atoms with van der Waals surface area (Å²) in [6.07, 6.45) is 10.1. The van der Waals surface area contributed by atoms with E-state index in [0.717, 1.165) is 24.2 Å². The maximum absolute atomic E-state index is 4.82. The number of hydrogen-bond acceptors (Lipinski definition) is 3. The highest BCUT2D eigenvalue weighted by atomic mass is 15.3. The molecule has 0 radical (unpaired) electrons. The number of hydrogen-bond donors (Lipinski definition) is 1. The van der Waals surface area contributed by atoms with E-state index in [1.54, 1.807) is 0 Å². The molecule has 0 aliphatic carbocycles. The van der Waals surface area contributed by atoms with Crippen LogP contribution < -0.4 is 10.2 Å². The predicted molar refractivity (Wildman–Crippen MR) is 87.8 cm³/mol. The summed E-state index contributed by atoms with van der Waals surface area (Å²) in [5.41, 5.74) is 1.15. The molecule has 4 nitrogen and oxygen atoms in total. The largest absolute Gasteiger partial charge is 0.342 e. The highest BCUT2D eigenvalue weighted by Crippen LogP contribution is 2.28. The Morgan fingerprint density at radius 1 is 1.33 bits per heavy atom. The Kier molecular flexibility index (Phi) is 4.84. The molecule has 3 heterocycles. The van der Waals surface area contributed by atoms with Gasteiger partial charge in [-0.15, -0.1) is 0 Å². The fourth-order valence-electron chi connectivity index (χ4n) is 3.91. The van der Waals surface area contributed by atoms with Gasteiger partial charge in [0, 0.05) is 31.9 Å². The van der Waals surface area contributed by atoms with Crippen molar-refractivity contribution in [1.29, 1.82) is 0 Å². The lowest BCUT2D eigenvalue weighted by Crippen LogP contribution is -2.44. The lowest BCUT2D eigenvalue weighted by atomic mass is 9.90. The van der Waals surface area contributed by atoms with Gasteiger partial charge in [-0.25, -0.2) is 4.98 Å². The zero-order chi connectivity index (χ0) is 14.7. The first kappa shape index (κ1) is 14.9. The molecule has 2 aliphatic heterocycles. The van der Waals surface area contributed by atoms with Crippen LogP contribution in [0.4, 0.5) is 5.95 Å². The molecule has 2 aliphatic rings. The van der Waals surface area contributed by atoms with Gasteiger partial charge >= 0.3 is 0 Å². The molecule has 2 saturated heterocycles. The van der Waals surface area contributed by atoms with E-state index in [1.165, 1.54) is 64.1 Å². The monoisotopic (exact) mass is 290 g/mol. The van der Waals surface area contributed by atoms with Crippen LogP contribution in [0.3, 0.4) is 0 Å². The Bertz CT molecular complexity index is 448. The fraction of sp³-hybridized carbons (Fsp3) is 0.824. The van der Waals surface area contributed by atoms with Crippen LogP contribution in [-0.4, -0.2) is 35.2 Å². The van der Waals surface area contributed by atoms with Crippen molar-refractivity contribution in [2.45, 2.75) is 65.0 Å². The van der Waals surface area contributed by atoms with Gasteiger partial charge in [-0.05, 0) is 51.5 Å². The first-order chi connectivity index (χ1) is 10.3. The summed E-state index contributed by atoms with van der Waals surface area (Å²) in [4.78, 5) is 7.36. The summed E-state index contributed by atoms with van der Waals surface area (Å²) < 4.78 is 2.38. The fourth-order valence-corrected chi connectivity index (χ4v) is 3.91. The number of unbranched alkanes of at least 4 members (excludes halogenated alkanes) is 1. The predicted octanol–water partition coefficient (Wildman–Crippen LogP) is 2.96. The summed E-state index contributed by atoms with van der Waals surface area (Å²) in [6.45, 7) is 9.05. The Morgan fingerprint density at radius 3 is 3.00 bits per heavy atom. The van der Waals surface area contributed by atoms with Crippen LogP contribution in [0.2, 0.25) is 0 Å². The normalized spacial score (nSPS) is 26.5. The van der Waals surface area contributed by atoms with E-state index in [2.05, 4.69) is 34.8 Å². The van der Waals surface area contributed by atoms with Gasteiger partial charge < -0.3 is 14.8 Å². The Balaban J connectivity index is 1.70. The Morgan fingerprint density at radius 2 is 2.24 bits per heavy atom. The van der Waals surface area contributed by atoms with Crippen molar-refractivity contribution in [3.63, 3.8) is 0 Å². The van der Waals surface area contributed by atoms with E-state index in [4.69, 9.17) is 4.98 Å². The first-order valence-corrected chi connectivity index (χ1v) is 8.80. The lowest BCUT2D eigenvalue weighted by molar-refractivity contribution is 0.325. The second kappa shape index (κ2) is 6.82. The number of nitrogens with zero attached hydrogens (tertiary/aromatic N) is 3. The number of imidazole rings is 1. The minimum absolute atomic E-state index is 0.743. The SMILES string of the molecule is CCCCn1cc(C)nc1N1CCCC(C2CCCN2)C1. The molecule has 2 fully saturated rings. The van der Waals surface area contributed by atoms with E-state index >= 15 is 0 Å². The van der Waals surface area contributed by atoms with E-state index in [1.807, 2.05) is 0 Å². The van der Waals surface area contributed by atoms with Crippen molar-refractivity contribution >= 4 is 5.95 Å². The summed E-state index contributed by atoms with van der Waals surface area (Å²) in [7, 11) is 0. The second-order valence-corrected chi connectivity index (χ2v) is 6.78. The summed E-state index contributed by atoms with van der Waals surface area (Å²) in [6, 6.07) is 0.743. The van der Waals surface area contributed by atoms with Crippen LogP contribution in [0.25, 0.3) is 0 Å². The van der Waals surface area contributed by atoms with Crippen LogP contribution in [0, 0.1) is 12.8 Å². The lowest BCUT2D eigenvalue weighted by Gasteiger charge is -2.36. The van der Waals surface area contributed by atoms with Crippen molar-refractivity contribution in [2.24, 2.45) is 5.92 Å². The van der Waals surface area contributed by atoms with Crippen molar-refractivity contribution in [3.05, 3.63) is 11.9 Å². The molecule has 4 heteroatoms. The average Bonchev–Trinajstić information content (AvgIpc) is 3.14. The standard InChI is InChI=1S/C17H30N4/c1-3-4-10-20-12-14(2)19-17(20)21-11-6-7-15(13-21)16-8-5-9-18-16/h12,15-16,18H,3-11,13H2,1-2H3. The number of aryl methyl sites for hydroxylation is 2. The van der Waals surface area contributed by atoms with Crippen LogP contribution in [0.5, 0.6) is 0 Å². The van der Waals surface area contributed by atoms with Gasteiger partial charge in [0.1, 0.15) is 0 Å². The van der Waals surface area contributed by atoms with Crippen LogP contribution in [-0.2, 0) is 6.54 Å². The Hall–Kier alpha value is -1.03. The number of aromatic nitrogens is 2. The number of piperidine rings is 1. The van der Waals surface area contributed by atoms with Crippen molar-refractivity contribution < 1.29 is 0 Å². The van der Waals surface area contributed by atoms with E-state index in [9.17, 15) is 0 Å². The molecule has 0 saturated carbocycles. The average molecular weight is 290 g/mol. The van der Waals surface area contributed by atoms with E-state index in [-0.39, 0.29) is 0 Å². The molecule has 0 spiro atoms. The van der Waals surface area contributed by atoms with Crippen LogP contribution in [0.1, 0.15) is 51.1 Å². The molecule has 1 N–H and O–H groups in total. The minimum atomic E-state index is 0.743. The third-order valence-corrected chi connectivity index (χ3v) is 5.04. The molecular weight excluding hydrogens is 260 g/mol. The van der Waals surface area contributed by atoms with Gasteiger partial charge in [-0.1, -0.05) is 13.3 Å². The number of anilines is 1. The third-order valence-electron chi connectivity index (χ3n) is 5.04. The van der Waals surface area contributed by atoms with Crippen LogP contribution >= 0.6 is 0 Å². The minimum Gasteiger partial charge on any atom is -0.342 e. The molecular formula is C17H30N4. The smallest absolute Gasteiger partial charge is 0.205 e. The van der Waals surface area contributed by atoms with Gasteiger partial charge in [0.05, 0.1) is 5.69 Å². The molecule has 0 amide bonds. The highest BCUT2D eigenvalue weighted by Gasteiger charge is 2.30. The maximum atomic E-state index is 4.82. The molecule has 1 aromatic rings. The molecule has 2 atom stereocenters. The summed E-state index contributed by atoms with van der Waals surface area (Å²) >= 11 is 0.